The van der Waals surface area contributed by atoms with Crippen LogP contribution in [0.25, 0.3) is 0 Å². The van der Waals surface area contributed by atoms with Crippen LogP contribution in [0.2, 0.25) is 0 Å². The molecule has 0 saturated carbocycles. The number of hydrogen-bond acceptors (Lipinski definition) is 5. The van der Waals surface area contributed by atoms with Crippen LogP contribution < -0.4 is 5.56 Å². The van der Waals surface area contributed by atoms with Gasteiger partial charge in [-0.3, -0.25) is 9.59 Å². The molecule has 2 unspecified atom stereocenters. The first-order chi connectivity index (χ1) is 12.1. The van der Waals surface area contributed by atoms with Crippen molar-refractivity contribution in [3.05, 3.63) is 34.2 Å². The summed E-state index contributed by atoms with van der Waals surface area (Å²) in [6.45, 7) is 8.11. The standard InChI is InChI=1S/C19H28N2O5/c1-6-25-17(23)15-12-21(18(24)26-19(2,3)4)10-8-14(15)13-7-9-20(5)16(22)11-13/h7,9,11,14-15H,6,8,10,12H2,1-5H3. The molecule has 1 aliphatic heterocycles. The Morgan fingerprint density at radius 1 is 1.31 bits per heavy atom. The van der Waals surface area contributed by atoms with Gasteiger partial charge in [-0.1, -0.05) is 0 Å². The summed E-state index contributed by atoms with van der Waals surface area (Å²) < 4.78 is 12.1. The van der Waals surface area contributed by atoms with E-state index in [4.69, 9.17) is 9.47 Å². The zero-order valence-electron chi connectivity index (χ0n) is 16.2. The lowest BCUT2D eigenvalue weighted by atomic mass is 9.81. The summed E-state index contributed by atoms with van der Waals surface area (Å²) in [5, 5.41) is 0. The number of amides is 1. The van der Waals surface area contributed by atoms with Crippen molar-refractivity contribution in [1.82, 2.24) is 9.47 Å². The first-order valence-corrected chi connectivity index (χ1v) is 8.93. The lowest BCUT2D eigenvalue weighted by Crippen LogP contribution is -2.48. The lowest BCUT2D eigenvalue weighted by molar-refractivity contribution is -0.150. The van der Waals surface area contributed by atoms with Crippen LogP contribution in [0.5, 0.6) is 0 Å². The molecule has 1 aromatic rings. The first-order valence-electron chi connectivity index (χ1n) is 8.93. The van der Waals surface area contributed by atoms with Gasteiger partial charge in [0.05, 0.1) is 12.5 Å². The van der Waals surface area contributed by atoms with Gasteiger partial charge in [0, 0.05) is 38.3 Å². The number of hydrogen-bond donors (Lipinski definition) is 0. The summed E-state index contributed by atoms with van der Waals surface area (Å²) in [5.74, 6) is -1.05. The minimum absolute atomic E-state index is 0.125. The Morgan fingerprint density at radius 3 is 2.58 bits per heavy atom. The average molecular weight is 364 g/mol. The molecule has 0 radical (unpaired) electrons. The van der Waals surface area contributed by atoms with Crippen LogP contribution in [0.3, 0.4) is 0 Å². The van der Waals surface area contributed by atoms with E-state index in [9.17, 15) is 14.4 Å². The molecule has 7 heteroatoms. The second-order valence-corrected chi connectivity index (χ2v) is 7.59. The van der Waals surface area contributed by atoms with Crippen LogP contribution in [-0.2, 0) is 21.3 Å². The molecule has 7 nitrogen and oxygen atoms in total. The normalized spacial score (nSPS) is 20.6. The van der Waals surface area contributed by atoms with Crippen LogP contribution >= 0.6 is 0 Å². The van der Waals surface area contributed by atoms with Crippen molar-refractivity contribution in [2.45, 2.75) is 45.6 Å². The number of aromatic nitrogens is 1. The van der Waals surface area contributed by atoms with Crippen molar-refractivity contribution in [1.29, 1.82) is 0 Å². The molecule has 0 bridgehead atoms. The summed E-state index contributed by atoms with van der Waals surface area (Å²) in [7, 11) is 1.68. The highest BCUT2D eigenvalue weighted by atomic mass is 16.6. The summed E-state index contributed by atoms with van der Waals surface area (Å²) in [6, 6.07) is 3.40. The molecule has 2 heterocycles. The number of likely N-dealkylation sites (tertiary alicyclic amines) is 1. The molecule has 1 saturated heterocycles. The van der Waals surface area contributed by atoms with Crippen molar-refractivity contribution in [2.75, 3.05) is 19.7 Å². The fourth-order valence-electron chi connectivity index (χ4n) is 3.13. The Kier molecular flexibility index (Phi) is 6.10. The fraction of sp³-hybridized carbons (Fsp3) is 0.632. The number of piperidine rings is 1. The predicted octanol–water partition coefficient (Wildman–Crippen LogP) is 2.29. The van der Waals surface area contributed by atoms with Gasteiger partial charge < -0.3 is 18.9 Å². The Balaban J connectivity index is 2.24. The van der Waals surface area contributed by atoms with Crippen molar-refractivity contribution >= 4 is 12.1 Å². The molecule has 0 aromatic carbocycles. The third-order valence-corrected chi connectivity index (χ3v) is 4.41. The van der Waals surface area contributed by atoms with E-state index >= 15 is 0 Å². The number of ether oxygens (including phenoxy) is 2. The summed E-state index contributed by atoms with van der Waals surface area (Å²) in [4.78, 5) is 38.4. The third-order valence-electron chi connectivity index (χ3n) is 4.41. The monoisotopic (exact) mass is 364 g/mol. The van der Waals surface area contributed by atoms with E-state index in [1.165, 1.54) is 4.57 Å². The average Bonchev–Trinajstić information content (AvgIpc) is 2.55. The zero-order chi connectivity index (χ0) is 19.5. The van der Waals surface area contributed by atoms with Crippen LogP contribution in [0.1, 0.15) is 45.6 Å². The van der Waals surface area contributed by atoms with Gasteiger partial charge in [-0.05, 0) is 45.7 Å². The molecular formula is C19H28N2O5. The molecule has 1 amide bonds. The smallest absolute Gasteiger partial charge is 0.410 e. The van der Waals surface area contributed by atoms with Crippen LogP contribution in [0, 0.1) is 5.92 Å². The quantitative estimate of drug-likeness (QED) is 0.769. The van der Waals surface area contributed by atoms with Gasteiger partial charge in [0.25, 0.3) is 5.56 Å². The van der Waals surface area contributed by atoms with E-state index in [1.807, 2.05) is 6.07 Å². The molecular weight excluding hydrogens is 336 g/mol. The largest absolute Gasteiger partial charge is 0.466 e. The van der Waals surface area contributed by atoms with Gasteiger partial charge in [0.1, 0.15) is 5.60 Å². The molecule has 0 N–H and O–H groups in total. The first kappa shape index (κ1) is 20.0. The molecule has 1 aliphatic rings. The Bertz CT molecular complexity index is 719. The molecule has 2 atom stereocenters. The van der Waals surface area contributed by atoms with Gasteiger partial charge in [0.15, 0.2) is 0 Å². The van der Waals surface area contributed by atoms with Gasteiger partial charge in [0.2, 0.25) is 0 Å². The maximum atomic E-state index is 12.5. The van der Waals surface area contributed by atoms with Crippen LogP contribution in [0.15, 0.2) is 23.1 Å². The molecule has 0 aliphatic carbocycles. The highest BCUT2D eigenvalue weighted by molar-refractivity contribution is 5.76. The fourth-order valence-corrected chi connectivity index (χ4v) is 3.13. The highest BCUT2D eigenvalue weighted by Crippen LogP contribution is 2.34. The van der Waals surface area contributed by atoms with Gasteiger partial charge in [-0.15, -0.1) is 0 Å². The topological polar surface area (TPSA) is 77.8 Å². The van der Waals surface area contributed by atoms with Crippen LogP contribution in [-0.4, -0.2) is 46.8 Å². The van der Waals surface area contributed by atoms with E-state index < -0.39 is 17.6 Å². The molecule has 2 rings (SSSR count). The molecule has 144 valence electrons. The van der Waals surface area contributed by atoms with Crippen molar-refractivity contribution in [3.63, 3.8) is 0 Å². The summed E-state index contributed by atoms with van der Waals surface area (Å²) in [5.41, 5.74) is 0.0774. The Morgan fingerprint density at radius 2 is 2.00 bits per heavy atom. The minimum Gasteiger partial charge on any atom is -0.466 e. The van der Waals surface area contributed by atoms with Crippen molar-refractivity contribution < 1.29 is 19.1 Å². The summed E-state index contributed by atoms with van der Waals surface area (Å²) in [6.07, 6.45) is 1.82. The van der Waals surface area contributed by atoms with Gasteiger partial charge in [-0.2, -0.15) is 0 Å². The number of pyridine rings is 1. The zero-order valence-corrected chi connectivity index (χ0v) is 16.2. The van der Waals surface area contributed by atoms with Crippen LogP contribution in [0.4, 0.5) is 4.79 Å². The number of rotatable bonds is 3. The Labute approximate surface area is 153 Å². The maximum absolute atomic E-state index is 12.5. The van der Waals surface area contributed by atoms with E-state index in [1.54, 1.807) is 51.9 Å². The Hall–Kier alpha value is -2.31. The van der Waals surface area contributed by atoms with E-state index in [-0.39, 0.29) is 30.6 Å². The van der Waals surface area contributed by atoms with E-state index in [2.05, 4.69) is 0 Å². The second-order valence-electron chi connectivity index (χ2n) is 7.59. The lowest BCUT2D eigenvalue weighted by Gasteiger charge is -2.38. The number of nitrogens with zero attached hydrogens (tertiary/aromatic N) is 2. The predicted molar refractivity (Wildman–Crippen MR) is 97.0 cm³/mol. The maximum Gasteiger partial charge on any atom is 0.410 e. The summed E-state index contributed by atoms with van der Waals surface area (Å²) >= 11 is 0. The van der Waals surface area contributed by atoms with Crippen molar-refractivity contribution in [2.24, 2.45) is 13.0 Å². The van der Waals surface area contributed by atoms with E-state index in [0.717, 1.165) is 5.56 Å². The molecule has 0 spiro atoms. The minimum atomic E-state index is -0.598. The number of esters is 1. The van der Waals surface area contributed by atoms with Gasteiger partial charge in [-0.25, -0.2) is 4.79 Å². The van der Waals surface area contributed by atoms with E-state index in [0.29, 0.717) is 13.0 Å². The second kappa shape index (κ2) is 7.93. The number of carbonyl (C=O) groups excluding carboxylic acids is 2. The third kappa shape index (κ3) is 4.86. The molecule has 1 aromatic heterocycles. The molecule has 1 fully saturated rings. The number of carbonyl (C=O) groups is 2. The number of aryl methyl sites for hydroxylation is 1. The van der Waals surface area contributed by atoms with Crippen molar-refractivity contribution in [3.8, 4) is 0 Å². The van der Waals surface area contributed by atoms with Gasteiger partial charge >= 0.3 is 12.1 Å². The molecule has 26 heavy (non-hydrogen) atoms. The SMILES string of the molecule is CCOC(=O)C1CN(C(=O)OC(C)(C)C)CCC1c1ccn(C)c(=O)c1. The highest BCUT2D eigenvalue weighted by Gasteiger charge is 2.39.